The van der Waals surface area contributed by atoms with Crippen molar-refractivity contribution in [1.82, 2.24) is 0 Å². The molecule has 2 aromatic carbocycles. The molecule has 1 N–H and O–H groups in total. The molecular formula is C18H16ClNO3S2. The van der Waals surface area contributed by atoms with E-state index in [-0.39, 0.29) is 6.61 Å². The van der Waals surface area contributed by atoms with Gasteiger partial charge in [0.2, 0.25) is 0 Å². The molecule has 25 heavy (non-hydrogen) atoms. The molecule has 1 fully saturated rings. The van der Waals surface area contributed by atoms with Gasteiger partial charge in [-0.2, -0.15) is 0 Å². The summed E-state index contributed by atoms with van der Waals surface area (Å²) in [6.45, 7) is -0.361. The van der Waals surface area contributed by atoms with E-state index in [1.807, 2.05) is 35.7 Å². The molecule has 0 aromatic heterocycles. The van der Waals surface area contributed by atoms with Crippen LogP contribution >= 0.6 is 35.1 Å². The highest BCUT2D eigenvalue weighted by molar-refractivity contribution is 8.19. The van der Waals surface area contributed by atoms with E-state index in [0.717, 1.165) is 11.5 Å². The quantitative estimate of drug-likeness (QED) is 0.751. The number of hydrogen-bond acceptors (Lipinski definition) is 5. The van der Waals surface area contributed by atoms with Gasteiger partial charge in [0, 0.05) is 11.5 Å². The lowest BCUT2D eigenvalue weighted by molar-refractivity contribution is -0.119. The third-order valence-electron chi connectivity index (χ3n) is 3.52. The Morgan fingerprint density at radius 2 is 1.76 bits per heavy atom. The summed E-state index contributed by atoms with van der Waals surface area (Å²) >= 11 is 9.79. The number of carbonyl (C=O) groups excluding carboxylic acids is 2. The molecule has 0 bridgehead atoms. The molecule has 4 nitrogen and oxygen atoms in total. The molecule has 0 atom stereocenters. The summed E-state index contributed by atoms with van der Waals surface area (Å²) in [5, 5.41) is 3.04. The molecule has 1 aliphatic rings. The maximum atomic E-state index is 12.1. The zero-order valence-corrected chi connectivity index (χ0v) is 15.6. The van der Waals surface area contributed by atoms with Gasteiger partial charge in [-0.05, 0) is 29.8 Å². The van der Waals surface area contributed by atoms with Gasteiger partial charge in [-0.1, -0.05) is 35.9 Å². The van der Waals surface area contributed by atoms with Crippen molar-refractivity contribution >= 4 is 52.7 Å². The van der Waals surface area contributed by atoms with Gasteiger partial charge in [-0.25, -0.2) is 4.79 Å². The fourth-order valence-electron chi connectivity index (χ4n) is 2.29. The van der Waals surface area contributed by atoms with Gasteiger partial charge < -0.3 is 10.1 Å². The van der Waals surface area contributed by atoms with E-state index in [4.69, 9.17) is 16.3 Å². The van der Waals surface area contributed by atoms with Crippen LogP contribution in [0.2, 0.25) is 5.02 Å². The summed E-state index contributed by atoms with van der Waals surface area (Å²) in [4.78, 5) is 23.9. The zero-order chi connectivity index (χ0) is 17.6. The molecular weight excluding hydrogens is 378 g/mol. The first-order valence-electron chi connectivity index (χ1n) is 7.68. The Labute approximate surface area is 159 Å². The van der Waals surface area contributed by atoms with Crippen LogP contribution in [0, 0.1) is 0 Å². The van der Waals surface area contributed by atoms with E-state index in [1.165, 1.54) is 5.56 Å². The number of rotatable bonds is 5. The van der Waals surface area contributed by atoms with E-state index < -0.39 is 11.9 Å². The third-order valence-corrected chi connectivity index (χ3v) is 6.96. The largest absolute Gasteiger partial charge is 0.452 e. The first kappa shape index (κ1) is 18.2. The Morgan fingerprint density at radius 3 is 2.44 bits per heavy atom. The summed E-state index contributed by atoms with van der Waals surface area (Å²) in [5.74, 6) is 1.35. The Morgan fingerprint density at radius 1 is 1.08 bits per heavy atom. The maximum Gasteiger partial charge on any atom is 0.338 e. The van der Waals surface area contributed by atoms with Crippen molar-refractivity contribution in [3.8, 4) is 0 Å². The molecule has 7 heteroatoms. The monoisotopic (exact) mass is 393 g/mol. The van der Waals surface area contributed by atoms with Crippen molar-refractivity contribution in [1.29, 1.82) is 0 Å². The molecule has 0 saturated carbocycles. The average molecular weight is 394 g/mol. The number of carbonyl (C=O) groups is 2. The van der Waals surface area contributed by atoms with Gasteiger partial charge in [0.15, 0.2) is 6.61 Å². The van der Waals surface area contributed by atoms with Crippen molar-refractivity contribution in [2.45, 2.75) is 4.58 Å². The predicted octanol–water partition coefficient (Wildman–Crippen LogP) is 4.61. The van der Waals surface area contributed by atoms with Crippen LogP contribution in [-0.4, -0.2) is 30.0 Å². The first-order chi connectivity index (χ1) is 12.1. The third kappa shape index (κ3) is 4.93. The van der Waals surface area contributed by atoms with Gasteiger partial charge in [0.05, 0.1) is 20.9 Å². The van der Waals surface area contributed by atoms with Crippen molar-refractivity contribution in [2.24, 2.45) is 0 Å². The standard InChI is InChI=1S/C18H16ClNO3S2/c19-14-3-1-2-4-15(14)20-16(21)11-23-17(22)12-5-7-13(8-6-12)18-24-9-10-25-18/h1-8,18H,9-11H2,(H,20,21). The second-order valence-electron chi connectivity index (χ2n) is 5.30. The fourth-order valence-corrected chi connectivity index (χ4v) is 5.33. The van der Waals surface area contributed by atoms with Crippen LogP contribution in [0.25, 0.3) is 0 Å². The molecule has 3 rings (SSSR count). The Hall–Kier alpha value is -1.63. The molecule has 1 saturated heterocycles. The van der Waals surface area contributed by atoms with Gasteiger partial charge in [-0.15, -0.1) is 23.5 Å². The van der Waals surface area contributed by atoms with Gasteiger partial charge >= 0.3 is 5.97 Å². The molecule has 1 aliphatic heterocycles. The lowest BCUT2D eigenvalue weighted by atomic mass is 10.1. The van der Waals surface area contributed by atoms with Crippen LogP contribution in [0.4, 0.5) is 5.69 Å². The molecule has 0 radical (unpaired) electrons. The first-order valence-corrected chi connectivity index (χ1v) is 10.2. The van der Waals surface area contributed by atoms with Crippen LogP contribution < -0.4 is 5.32 Å². The van der Waals surface area contributed by atoms with Gasteiger partial charge in [0.1, 0.15) is 0 Å². The average Bonchev–Trinajstić information content (AvgIpc) is 3.16. The topological polar surface area (TPSA) is 55.4 Å². The second-order valence-corrected chi connectivity index (χ2v) is 8.43. The van der Waals surface area contributed by atoms with Gasteiger partial charge in [0.25, 0.3) is 5.91 Å². The van der Waals surface area contributed by atoms with E-state index in [9.17, 15) is 9.59 Å². The number of amides is 1. The summed E-state index contributed by atoms with van der Waals surface area (Å²) < 4.78 is 5.50. The Balaban J connectivity index is 1.51. The number of para-hydroxylation sites is 1. The summed E-state index contributed by atoms with van der Waals surface area (Å²) in [5.41, 5.74) is 2.11. The minimum absolute atomic E-state index is 0.361. The number of esters is 1. The highest BCUT2D eigenvalue weighted by Crippen LogP contribution is 2.45. The van der Waals surface area contributed by atoms with Crippen molar-refractivity contribution in [2.75, 3.05) is 23.4 Å². The van der Waals surface area contributed by atoms with Gasteiger partial charge in [-0.3, -0.25) is 4.79 Å². The smallest absolute Gasteiger partial charge is 0.338 e. The molecule has 1 amide bonds. The fraction of sp³-hybridized carbons (Fsp3) is 0.222. The zero-order valence-electron chi connectivity index (χ0n) is 13.2. The van der Waals surface area contributed by atoms with E-state index in [0.29, 0.717) is 20.9 Å². The molecule has 0 spiro atoms. The van der Waals surface area contributed by atoms with Crippen molar-refractivity contribution < 1.29 is 14.3 Å². The molecule has 2 aromatic rings. The van der Waals surface area contributed by atoms with E-state index in [2.05, 4.69) is 5.32 Å². The second kappa shape index (κ2) is 8.65. The number of ether oxygens (including phenoxy) is 1. The van der Waals surface area contributed by atoms with Crippen LogP contribution in [-0.2, 0) is 9.53 Å². The van der Waals surface area contributed by atoms with Crippen LogP contribution in [0.5, 0.6) is 0 Å². The highest BCUT2D eigenvalue weighted by Gasteiger charge is 2.19. The minimum atomic E-state index is -0.521. The van der Waals surface area contributed by atoms with Crippen molar-refractivity contribution in [3.63, 3.8) is 0 Å². The van der Waals surface area contributed by atoms with Crippen LogP contribution in [0.15, 0.2) is 48.5 Å². The maximum absolute atomic E-state index is 12.1. The number of nitrogens with one attached hydrogen (secondary N) is 1. The predicted molar refractivity (Wildman–Crippen MR) is 104 cm³/mol. The normalized spacial score (nSPS) is 14.3. The number of hydrogen-bond donors (Lipinski definition) is 1. The number of halogens is 1. The number of thioether (sulfide) groups is 2. The summed E-state index contributed by atoms with van der Waals surface area (Å²) in [6, 6.07) is 14.2. The SMILES string of the molecule is O=C(COC(=O)c1ccc(C2SCCS2)cc1)Nc1ccccc1Cl. The lowest BCUT2D eigenvalue weighted by Crippen LogP contribution is -2.21. The van der Waals surface area contributed by atoms with E-state index >= 15 is 0 Å². The van der Waals surface area contributed by atoms with E-state index in [1.54, 1.807) is 36.4 Å². The summed E-state index contributed by atoms with van der Waals surface area (Å²) in [7, 11) is 0. The Bertz CT molecular complexity index is 761. The van der Waals surface area contributed by atoms with Crippen molar-refractivity contribution in [3.05, 3.63) is 64.7 Å². The summed E-state index contributed by atoms with van der Waals surface area (Å²) in [6.07, 6.45) is 0. The number of anilines is 1. The minimum Gasteiger partial charge on any atom is -0.452 e. The molecule has 0 aliphatic carbocycles. The highest BCUT2D eigenvalue weighted by atomic mass is 35.5. The molecule has 1 heterocycles. The van der Waals surface area contributed by atoms with Crippen LogP contribution in [0.3, 0.4) is 0 Å². The lowest BCUT2D eigenvalue weighted by Gasteiger charge is -2.10. The molecule has 130 valence electrons. The van der Waals surface area contributed by atoms with Crippen LogP contribution in [0.1, 0.15) is 20.5 Å². The Kier molecular flexibility index (Phi) is 6.29. The molecule has 0 unspecified atom stereocenters. The number of benzene rings is 2.